The van der Waals surface area contributed by atoms with Crippen molar-refractivity contribution in [1.29, 1.82) is 0 Å². The molecule has 0 saturated carbocycles. The first-order valence-corrected chi connectivity index (χ1v) is 11.6. The highest BCUT2D eigenvalue weighted by molar-refractivity contribution is 7.88. The molecule has 2 aromatic carbocycles. The second-order valence-corrected chi connectivity index (χ2v) is 9.80. The van der Waals surface area contributed by atoms with Gasteiger partial charge < -0.3 is 0 Å². The number of sulfonamides is 1. The number of carbonyl (C=O) groups excluding carboxylic acids is 1. The molecule has 0 aliphatic rings. The molecule has 152 valence electrons. The number of amides is 1. The van der Waals surface area contributed by atoms with Crippen LogP contribution in [0.5, 0.6) is 0 Å². The smallest absolute Gasteiger partial charge is 0.241 e. The summed E-state index contributed by atoms with van der Waals surface area (Å²) in [6.07, 6.45) is 1.09. The summed E-state index contributed by atoms with van der Waals surface area (Å²) in [5, 5.41) is 11.7. The summed E-state index contributed by atoms with van der Waals surface area (Å²) in [5.41, 5.74) is 3.94. The Hall–Kier alpha value is -2.62. The van der Waals surface area contributed by atoms with E-state index in [0.29, 0.717) is 10.1 Å². The average molecular weight is 431 g/mol. The molecule has 0 saturated heterocycles. The number of nitrogens with one attached hydrogen (secondary N) is 1. The van der Waals surface area contributed by atoms with E-state index in [-0.39, 0.29) is 13.1 Å². The predicted molar refractivity (Wildman–Crippen MR) is 115 cm³/mol. The Morgan fingerprint density at radius 1 is 1.00 bits per heavy atom. The molecule has 0 unspecified atom stereocenters. The van der Waals surface area contributed by atoms with E-state index in [1.165, 1.54) is 11.3 Å². The minimum atomic E-state index is -3.56. The van der Waals surface area contributed by atoms with Crippen molar-refractivity contribution >= 4 is 32.4 Å². The topological polar surface area (TPSA) is 92.3 Å². The molecule has 0 aliphatic heterocycles. The Labute approximate surface area is 174 Å². The molecule has 1 amide bonds. The van der Waals surface area contributed by atoms with Gasteiger partial charge in [0.05, 0.1) is 12.8 Å². The van der Waals surface area contributed by atoms with Gasteiger partial charge >= 0.3 is 0 Å². The third kappa shape index (κ3) is 5.93. The largest absolute Gasteiger partial charge is 0.299 e. The number of aromatic nitrogens is 2. The van der Waals surface area contributed by atoms with Crippen LogP contribution in [0.4, 0.5) is 5.13 Å². The Kier molecular flexibility index (Phi) is 6.41. The van der Waals surface area contributed by atoms with Gasteiger partial charge in [-0.15, -0.1) is 10.2 Å². The second kappa shape index (κ2) is 8.81. The summed E-state index contributed by atoms with van der Waals surface area (Å²) in [6, 6.07) is 15.3. The van der Waals surface area contributed by atoms with Crippen molar-refractivity contribution in [2.45, 2.75) is 20.4 Å². The molecule has 9 heteroatoms. The van der Waals surface area contributed by atoms with Gasteiger partial charge in [-0.1, -0.05) is 71.0 Å². The number of nitrogens with zero attached hydrogens (tertiary/aromatic N) is 3. The zero-order valence-electron chi connectivity index (χ0n) is 16.4. The van der Waals surface area contributed by atoms with E-state index in [4.69, 9.17) is 0 Å². The van der Waals surface area contributed by atoms with Crippen molar-refractivity contribution in [2.75, 3.05) is 18.1 Å². The van der Waals surface area contributed by atoms with E-state index in [1.807, 2.05) is 62.4 Å². The highest BCUT2D eigenvalue weighted by Gasteiger charge is 2.21. The Balaban J connectivity index is 1.67. The number of carbonyl (C=O) groups is 1. The third-order valence-electron chi connectivity index (χ3n) is 4.24. The Morgan fingerprint density at radius 2 is 1.59 bits per heavy atom. The van der Waals surface area contributed by atoms with Gasteiger partial charge in [-0.25, -0.2) is 8.42 Å². The van der Waals surface area contributed by atoms with Crippen LogP contribution in [0.15, 0.2) is 48.5 Å². The first kappa shape index (κ1) is 21.1. The van der Waals surface area contributed by atoms with E-state index >= 15 is 0 Å². The normalized spacial score (nSPS) is 11.6. The van der Waals surface area contributed by atoms with Crippen LogP contribution in [-0.4, -0.2) is 41.6 Å². The molecule has 0 fully saturated rings. The van der Waals surface area contributed by atoms with Gasteiger partial charge in [-0.3, -0.25) is 10.1 Å². The summed E-state index contributed by atoms with van der Waals surface area (Å²) >= 11 is 1.24. The summed E-state index contributed by atoms with van der Waals surface area (Å²) in [5.74, 6) is -0.464. The highest BCUT2D eigenvalue weighted by atomic mass is 32.2. The van der Waals surface area contributed by atoms with Gasteiger partial charge in [0.1, 0.15) is 5.01 Å². The Bertz CT molecular complexity index is 1090. The minimum Gasteiger partial charge on any atom is -0.299 e. The van der Waals surface area contributed by atoms with E-state index in [0.717, 1.165) is 32.8 Å². The van der Waals surface area contributed by atoms with Crippen LogP contribution in [0.25, 0.3) is 10.6 Å². The van der Waals surface area contributed by atoms with Gasteiger partial charge in [0.2, 0.25) is 21.1 Å². The second-order valence-electron chi connectivity index (χ2n) is 6.84. The summed E-state index contributed by atoms with van der Waals surface area (Å²) in [6.45, 7) is 3.78. The number of anilines is 1. The van der Waals surface area contributed by atoms with Crippen molar-refractivity contribution in [3.05, 3.63) is 65.2 Å². The van der Waals surface area contributed by atoms with Crippen LogP contribution < -0.4 is 5.32 Å². The molecule has 3 aromatic rings. The van der Waals surface area contributed by atoms with Gasteiger partial charge in [-0.2, -0.15) is 4.31 Å². The van der Waals surface area contributed by atoms with Crippen molar-refractivity contribution in [3.8, 4) is 10.6 Å². The number of aryl methyl sites for hydroxylation is 2. The minimum absolute atomic E-state index is 0.122. The van der Waals surface area contributed by atoms with Crippen molar-refractivity contribution in [2.24, 2.45) is 0 Å². The molecule has 1 heterocycles. The maximum Gasteiger partial charge on any atom is 0.241 e. The fraction of sp³-hybridized carbons (Fsp3) is 0.250. The quantitative estimate of drug-likeness (QED) is 0.621. The molecule has 0 bridgehead atoms. The molecule has 0 spiro atoms. The fourth-order valence-corrected chi connectivity index (χ4v) is 4.09. The van der Waals surface area contributed by atoms with Gasteiger partial charge in [0, 0.05) is 12.1 Å². The molecule has 0 atom stereocenters. The van der Waals surface area contributed by atoms with Gasteiger partial charge in [-0.05, 0) is 19.4 Å². The summed E-state index contributed by atoms with van der Waals surface area (Å²) in [4.78, 5) is 12.4. The number of rotatable bonds is 7. The van der Waals surface area contributed by atoms with Crippen LogP contribution in [-0.2, 0) is 21.4 Å². The van der Waals surface area contributed by atoms with Crippen LogP contribution in [0.2, 0.25) is 0 Å². The summed E-state index contributed by atoms with van der Waals surface area (Å²) in [7, 11) is -3.56. The van der Waals surface area contributed by atoms with Crippen molar-refractivity contribution < 1.29 is 13.2 Å². The molecule has 1 N–H and O–H groups in total. The predicted octanol–water partition coefficient (Wildman–Crippen LogP) is 3.22. The first-order chi connectivity index (χ1) is 13.7. The van der Waals surface area contributed by atoms with Crippen LogP contribution in [0.1, 0.15) is 16.7 Å². The SMILES string of the molecule is Cc1ccc(CN(CC(=O)Nc2nnc(-c3ccc(C)cc3)s2)S(C)(=O)=O)cc1. The lowest BCUT2D eigenvalue weighted by Crippen LogP contribution is -2.36. The zero-order valence-corrected chi connectivity index (χ0v) is 18.0. The van der Waals surface area contributed by atoms with Gasteiger partial charge in [0.15, 0.2) is 0 Å². The molecule has 1 aromatic heterocycles. The maximum absolute atomic E-state index is 12.4. The lowest BCUT2D eigenvalue weighted by Gasteiger charge is -2.19. The van der Waals surface area contributed by atoms with Crippen LogP contribution in [0, 0.1) is 13.8 Å². The highest BCUT2D eigenvalue weighted by Crippen LogP contribution is 2.26. The van der Waals surface area contributed by atoms with Crippen molar-refractivity contribution in [3.63, 3.8) is 0 Å². The van der Waals surface area contributed by atoms with Crippen molar-refractivity contribution in [1.82, 2.24) is 14.5 Å². The maximum atomic E-state index is 12.4. The molecule has 7 nitrogen and oxygen atoms in total. The van der Waals surface area contributed by atoms with E-state index < -0.39 is 15.9 Å². The molecule has 29 heavy (non-hydrogen) atoms. The van der Waals surface area contributed by atoms with Crippen LogP contribution >= 0.6 is 11.3 Å². The average Bonchev–Trinajstić information content (AvgIpc) is 3.11. The monoisotopic (exact) mass is 430 g/mol. The zero-order chi connectivity index (χ0) is 21.0. The third-order valence-corrected chi connectivity index (χ3v) is 6.32. The molecule has 0 aliphatic carbocycles. The first-order valence-electron chi connectivity index (χ1n) is 8.92. The fourth-order valence-electron chi connectivity index (χ4n) is 2.59. The van der Waals surface area contributed by atoms with Crippen LogP contribution in [0.3, 0.4) is 0 Å². The molecular weight excluding hydrogens is 408 g/mol. The summed E-state index contributed by atoms with van der Waals surface area (Å²) < 4.78 is 25.4. The lowest BCUT2D eigenvalue weighted by atomic mass is 10.1. The number of hydrogen-bond acceptors (Lipinski definition) is 6. The van der Waals surface area contributed by atoms with E-state index in [2.05, 4.69) is 15.5 Å². The molecular formula is C20H22N4O3S2. The lowest BCUT2D eigenvalue weighted by molar-refractivity contribution is -0.116. The van der Waals surface area contributed by atoms with Gasteiger partial charge in [0.25, 0.3) is 0 Å². The number of benzene rings is 2. The standard InChI is InChI=1S/C20H22N4O3S2/c1-14-4-8-16(9-5-14)12-24(29(3,26)27)13-18(25)21-20-23-22-19(28-20)17-10-6-15(2)7-11-17/h4-11H,12-13H2,1-3H3,(H,21,23,25). The molecule has 0 radical (unpaired) electrons. The van der Waals surface area contributed by atoms with E-state index in [1.54, 1.807) is 0 Å². The number of hydrogen-bond donors (Lipinski definition) is 1. The van der Waals surface area contributed by atoms with E-state index in [9.17, 15) is 13.2 Å². The Morgan fingerprint density at radius 3 is 2.17 bits per heavy atom. The molecule has 3 rings (SSSR count).